The van der Waals surface area contributed by atoms with E-state index in [1.54, 1.807) is 0 Å². The molecule has 2 aromatic carbocycles. The highest BCUT2D eigenvalue weighted by atomic mass is 35.5. The molecule has 1 amide bonds. The summed E-state index contributed by atoms with van der Waals surface area (Å²) in [6.07, 6.45) is 2.11. The molecule has 0 aliphatic carbocycles. The van der Waals surface area contributed by atoms with E-state index in [1.165, 1.54) is 11.1 Å². The maximum absolute atomic E-state index is 11.8. The standard InChI is InChI=1S/C18H20ClNO/c1-14-5-7-15(8-6-14)9-10-18(21)20-12-11-16-3-2-4-17(19)13-16/h2-8,13H,9-12H2,1H3,(H,20,21). The lowest BCUT2D eigenvalue weighted by atomic mass is 10.1. The second-order valence-electron chi connectivity index (χ2n) is 5.22. The third-order valence-corrected chi connectivity index (χ3v) is 3.62. The monoisotopic (exact) mass is 301 g/mol. The number of hydrogen-bond acceptors (Lipinski definition) is 1. The van der Waals surface area contributed by atoms with Gasteiger partial charge in [-0.3, -0.25) is 4.79 Å². The van der Waals surface area contributed by atoms with Crippen molar-refractivity contribution in [2.45, 2.75) is 26.2 Å². The van der Waals surface area contributed by atoms with Crippen LogP contribution < -0.4 is 5.32 Å². The van der Waals surface area contributed by atoms with Gasteiger partial charge in [0.25, 0.3) is 0 Å². The van der Waals surface area contributed by atoms with Gasteiger partial charge in [0.2, 0.25) is 5.91 Å². The number of carbonyl (C=O) groups excluding carboxylic acids is 1. The molecule has 0 radical (unpaired) electrons. The average Bonchev–Trinajstić information content (AvgIpc) is 2.47. The van der Waals surface area contributed by atoms with Crippen LogP contribution in [0.5, 0.6) is 0 Å². The summed E-state index contributed by atoms with van der Waals surface area (Å²) in [6.45, 7) is 2.71. The summed E-state index contributed by atoms with van der Waals surface area (Å²) in [5.74, 6) is 0.0950. The van der Waals surface area contributed by atoms with E-state index in [4.69, 9.17) is 11.6 Å². The van der Waals surface area contributed by atoms with Gasteiger partial charge in [0, 0.05) is 18.0 Å². The SMILES string of the molecule is Cc1ccc(CCC(=O)NCCc2cccc(Cl)c2)cc1. The Labute approximate surface area is 131 Å². The zero-order chi connectivity index (χ0) is 15.1. The fourth-order valence-electron chi connectivity index (χ4n) is 2.14. The Morgan fingerprint density at radius 3 is 2.52 bits per heavy atom. The normalized spacial score (nSPS) is 10.4. The molecule has 0 saturated heterocycles. The molecule has 1 N–H and O–H groups in total. The van der Waals surface area contributed by atoms with Crippen molar-refractivity contribution >= 4 is 17.5 Å². The molecule has 0 aliphatic heterocycles. The average molecular weight is 302 g/mol. The molecule has 2 rings (SSSR count). The summed E-state index contributed by atoms with van der Waals surface area (Å²) >= 11 is 5.93. The lowest BCUT2D eigenvalue weighted by Gasteiger charge is -2.06. The highest BCUT2D eigenvalue weighted by Crippen LogP contribution is 2.10. The Bertz CT molecular complexity index is 592. The third-order valence-electron chi connectivity index (χ3n) is 3.39. The minimum Gasteiger partial charge on any atom is -0.356 e. The maximum atomic E-state index is 11.8. The smallest absolute Gasteiger partial charge is 0.220 e. The van der Waals surface area contributed by atoms with Crippen LogP contribution in [0.1, 0.15) is 23.1 Å². The molecule has 0 aromatic heterocycles. The van der Waals surface area contributed by atoms with Crippen LogP contribution in [0.3, 0.4) is 0 Å². The Balaban J connectivity index is 1.69. The molecule has 0 spiro atoms. The number of nitrogens with one attached hydrogen (secondary N) is 1. The molecule has 0 saturated carbocycles. The van der Waals surface area contributed by atoms with Crippen molar-refractivity contribution in [1.82, 2.24) is 5.32 Å². The number of halogens is 1. The fourth-order valence-corrected chi connectivity index (χ4v) is 2.35. The Hall–Kier alpha value is -1.80. The van der Waals surface area contributed by atoms with Crippen molar-refractivity contribution in [3.05, 3.63) is 70.2 Å². The molecule has 21 heavy (non-hydrogen) atoms. The van der Waals surface area contributed by atoms with Crippen molar-refractivity contribution < 1.29 is 4.79 Å². The second-order valence-corrected chi connectivity index (χ2v) is 5.65. The Kier molecular flexibility index (Phi) is 5.82. The van der Waals surface area contributed by atoms with E-state index >= 15 is 0 Å². The van der Waals surface area contributed by atoms with E-state index in [9.17, 15) is 4.79 Å². The first-order valence-corrected chi connectivity index (χ1v) is 7.58. The lowest BCUT2D eigenvalue weighted by molar-refractivity contribution is -0.121. The van der Waals surface area contributed by atoms with Gasteiger partial charge in [-0.1, -0.05) is 53.6 Å². The van der Waals surface area contributed by atoms with Gasteiger partial charge in [-0.2, -0.15) is 0 Å². The first-order chi connectivity index (χ1) is 10.1. The minimum absolute atomic E-state index is 0.0950. The molecule has 0 heterocycles. The van der Waals surface area contributed by atoms with Crippen LogP contribution in [0.15, 0.2) is 48.5 Å². The van der Waals surface area contributed by atoms with Crippen molar-refractivity contribution in [1.29, 1.82) is 0 Å². The summed E-state index contributed by atoms with van der Waals surface area (Å²) in [5.41, 5.74) is 3.58. The van der Waals surface area contributed by atoms with E-state index < -0.39 is 0 Å². The van der Waals surface area contributed by atoms with Crippen LogP contribution in [0.4, 0.5) is 0 Å². The minimum atomic E-state index is 0.0950. The summed E-state index contributed by atoms with van der Waals surface area (Å²) in [6, 6.07) is 16.0. The predicted octanol–water partition coefficient (Wildman–Crippen LogP) is 3.94. The van der Waals surface area contributed by atoms with Gasteiger partial charge in [-0.25, -0.2) is 0 Å². The number of rotatable bonds is 6. The molecule has 0 aliphatic rings. The molecular weight excluding hydrogens is 282 g/mol. The lowest BCUT2D eigenvalue weighted by Crippen LogP contribution is -2.25. The summed E-state index contributed by atoms with van der Waals surface area (Å²) in [7, 11) is 0. The van der Waals surface area contributed by atoms with E-state index in [2.05, 4.69) is 36.5 Å². The van der Waals surface area contributed by atoms with Gasteiger partial charge in [-0.15, -0.1) is 0 Å². The van der Waals surface area contributed by atoms with Crippen LogP contribution in [0.25, 0.3) is 0 Å². The van der Waals surface area contributed by atoms with Gasteiger partial charge in [0.05, 0.1) is 0 Å². The van der Waals surface area contributed by atoms with Crippen molar-refractivity contribution in [2.75, 3.05) is 6.54 Å². The van der Waals surface area contributed by atoms with Gasteiger partial charge < -0.3 is 5.32 Å². The van der Waals surface area contributed by atoms with Gasteiger partial charge in [-0.05, 0) is 43.0 Å². The van der Waals surface area contributed by atoms with Crippen LogP contribution in [-0.4, -0.2) is 12.5 Å². The first-order valence-electron chi connectivity index (χ1n) is 7.20. The highest BCUT2D eigenvalue weighted by Gasteiger charge is 2.02. The largest absolute Gasteiger partial charge is 0.356 e. The molecule has 0 unspecified atom stereocenters. The summed E-state index contributed by atoms with van der Waals surface area (Å²) < 4.78 is 0. The van der Waals surface area contributed by atoms with Gasteiger partial charge in [0.15, 0.2) is 0 Å². The molecule has 0 fully saturated rings. The zero-order valence-electron chi connectivity index (χ0n) is 12.2. The van der Waals surface area contributed by atoms with Crippen LogP contribution in [0.2, 0.25) is 5.02 Å². The summed E-state index contributed by atoms with van der Waals surface area (Å²) in [4.78, 5) is 11.8. The zero-order valence-corrected chi connectivity index (χ0v) is 13.0. The van der Waals surface area contributed by atoms with Crippen molar-refractivity contribution in [3.63, 3.8) is 0 Å². The first kappa shape index (κ1) is 15.6. The molecule has 2 nitrogen and oxygen atoms in total. The van der Waals surface area contributed by atoms with Crippen LogP contribution >= 0.6 is 11.6 Å². The molecule has 0 bridgehead atoms. The number of hydrogen-bond donors (Lipinski definition) is 1. The second kappa shape index (κ2) is 7.84. The topological polar surface area (TPSA) is 29.1 Å². The quantitative estimate of drug-likeness (QED) is 0.860. The van der Waals surface area contributed by atoms with Gasteiger partial charge >= 0.3 is 0 Å². The summed E-state index contributed by atoms with van der Waals surface area (Å²) in [5, 5.41) is 3.68. The van der Waals surface area contributed by atoms with Gasteiger partial charge in [0.1, 0.15) is 0 Å². The molecule has 0 atom stereocenters. The number of benzene rings is 2. The van der Waals surface area contributed by atoms with Crippen molar-refractivity contribution in [2.24, 2.45) is 0 Å². The predicted molar refractivity (Wildman–Crippen MR) is 87.7 cm³/mol. The van der Waals surface area contributed by atoms with E-state index in [1.807, 2.05) is 24.3 Å². The third kappa shape index (κ3) is 5.60. The molecule has 2 aromatic rings. The van der Waals surface area contributed by atoms with Crippen LogP contribution in [-0.2, 0) is 17.6 Å². The molecule has 3 heteroatoms. The maximum Gasteiger partial charge on any atom is 0.220 e. The van der Waals surface area contributed by atoms with E-state index in [0.29, 0.717) is 13.0 Å². The Morgan fingerprint density at radius 2 is 1.81 bits per heavy atom. The fraction of sp³-hybridized carbons (Fsp3) is 0.278. The van der Waals surface area contributed by atoms with E-state index in [-0.39, 0.29) is 5.91 Å². The van der Waals surface area contributed by atoms with Crippen LogP contribution in [0, 0.1) is 6.92 Å². The number of carbonyl (C=O) groups is 1. The molecular formula is C18H20ClNO. The van der Waals surface area contributed by atoms with Crippen molar-refractivity contribution in [3.8, 4) is 0 Å². The number of aryl methyl sites for hydroxylation is 2. The Morgan fingerprint density at radius 1 is 1.05 bits per heavy atom. The molecule has 110 valence electrons. The number of amides is 1. The highest BCUT2D eigenvalue weighted by molar-refractivity contribution is 6.30. The van der Waals surface area contributed by atoms with E-state index in [0.717, 1.165) is 23.4 Å².